The van der Waals surface area contributed by atoms with Gasteiger partial charge in [0, 0.05) is 0 Å². The molecular weight excluding hydrogens is 124 g/mol. The highest BCUT2D eigenvalue weighted by Crippen LogP contribution is 2.22. The summed E-state index contributed by atoms with van der Waals surface area (Å²) in [5.74, 6) is 0.756. The molecule has 1 aliphatic rings. The highest BCUT2D eigenvalue weighted by atomic mass is 16.5. The van der Waals surface area contributed by atoms with Crippen LogP contribution in [0.15, 0.2) is 12.8 Å². The molecule has 1 fully saturated rings. The third-order valence-electron chi connectivity index (χ3n) is 1.97. The summed E-state index contributed by atoms with van der Waals surface area (Å²) in [6.07, 6.45) is 9.09. The molecule has 0 heterocycles. The van der Waals surface area contributed by atoms with Crippen LogP contribution in [-0.2, 0) is 4.74 Å². The van der Waals surface area contributed by atoms with Crippen LogP contribution >= 0.6 is 0 Å². The second-order valence-electron chi connectivity index (χ2n) is 2.82. The summed E-state index contributed by atoms with van der Waals surface area (Å²) in [5, 5.41) is 0. The molecule has 1 aliphatic carbocycles. The molecule has 0 bridgehead atoms. The first kappa shape index (κ1) is 7.64. The molecule has 1 radical (unpaired) electrons. The van der Waals surface area contributed by atoms with E-state index < -0.39 is 0 Å². The van der Waals surface area contributed by atoms with E-state index in [4.69, 9.17) is 4.74 Å². The van der Waals surface area contributed by atoms with Crippen LogP contribution in [0.4, 0.5) is 0 Å². The predicted molar refractivity (Wildman–Crippen MR) is 42.4 cm³/mol. The molecule has 0 saturated heterocycles. The third-order valence-corrected chi connectivity index (χ3v) is 1.97. The Labute approximate surface area is 63.1 Å². The molecule has 1 heteroatoms. The lowest BCUT2D eigenvalue weighted by Gasteiger charge is -2.20. The van der Waals surface area contributed by atoms with Gasteiger partial charge in [0.2, 0.25) is 0 Å². The van der Waals surface area contributed by atoms with Crippen molar-refractivity contribution in [3.05, 3.63) is 19.3 Å². The molecule has 0 spiro atoms. The number of rotatable bonds is 3. The summed E-state index contributed by atoms with van der Waals surface area (Å²) >= 11 is 0. The fraction of sp³-hybridized carbons (Fsp3) is 0.667. The largest absolute Gasteiger partial charge is 0.502 e. The second-order valence-corrected chi connectivity index (χ2v) is 2.82. The van der Waals surface area contributed by atoms with Gasteiger partial charge in [-0.15, -0.1) is 0 Å². The topological polar surface area (TPSA) is 9.23 Å². The summed E-state index contributed by atoms with van der Waals surface area (Å²) in [7, 11) is 0. The average Bonchev–Trinajstić information content (AvgIpc) is 2.03. The molecule has 0 amide bonds. The van der Waals surface area contributed by atoms with Gasteiger partial charge in [-0.1, -0.05) is 19.4 Å². The van der Waals surface area contributed by atoms with E-state index in [1.807, 2.05) is 0 Å². The van der Waals surface area contributed by atoms with Crippen molar-refractivity contribution in [3.8, 4) is 0 Å². The van der Waals surface area contributed by atoms with Crippen LogP contribution in [-0.4, -0.2) is 6.61 Å². The summed E-state index contributed by atoms with van der Waals surface area (Å²) < 4.78 is 5.12. The van der Waals surface area contributed by atoms with E-state index in [-0.39, 0.29) is 0 Å². The van der Waals surface area contributed by atoms with Crippen molar-refractivity contribution in [1.29, 1.82) is 0 Å². The SMILES string of the molecule is C=COCC1C[CH]CCC1. The fourth-order valence-electron chi connectivity index (χ4n) is 1.38. The van der Waals surface area contributed by atoms with Crippen LogP contribution < -0.4 is 0 Å². The second kappa shape index (κ2) is 4.37. The predicted octanol–water partition coefficient (Wildman–Crippen LogP) is 2.54. The van der Waals surface area contributed by atoms with Gasteiger partial charge < -0.3 is 4.74 Å². The van der Waals surface area contributed by atoms with Crippen molar-refractivity contribution in [3.63, 3.8) is 0 Å². The molecule has 0 aromatic heterocycles. The molecule has 1 rings (SSSR count). The van der Waals surface area contributed by atoms with Crippen LogP contribution in [0.5, 0.6) is 0 Å². The van der Waals surface area contributed by atoms with E-state index in [2.05, 4.69) is 13.0 Å². The van der Waals surface area contributed by atoms with Crippen molar-refractivity contribution < 1.29 is 4.74 Å². The lowest BCUT2D eigenvalue weighted by molar-refractivity contribution is 0.178. The maximum atomic E-state index is 5.12. The Balaban J connectivity index is 2.07. The minimum Gasteiger partial charge on any atom is -0.502 e. The fourth-order valence-corrected chi connectivity index (χ4v) is 1.38. The zero-order chi connectivity index (χ0) is 7.23. The van der Waals surface area contributed by atoms with Gasteiger partial charge in [0.25, 0.3) is 0 Å². The molecule has 0 N–H and O–H groups in total. The van der Waals surface area contributed by atoms with Gasteiger partial charge in [0.15, 0.2) is 0 Å². The van der Waals surface area contributed by atoms with E-state index in [1.165, 1.54) is 31.9 Å². The Hall–Kier alpha value is -0.460. The van der Waals surface area contributed by atoms with Gasteiger partial charge >= 0.3 is 0 Å². The zero-order valence-electron chi connectivity index (χ0n) is 6.38. The molecule has 1 saturated carbocycles. The average molecular weight is 139 g/mol. The van der Waals surface area contributed by atoms with Crippen LogP contribution in [0.2, 0.25) is 0 Å². The maximum Gasteiger partial charge on any atom is 0.0901 e. The van der Waals surface area contributed by atoms with E-state index in [1.54, 1.807) is 0 Å². The smallest absolute Gasteiger partial charge is 0.0901 e. The Kier molecular flexibility index (Phi) is 3.34. The number of ether oxygens (including phenoxy) is 1. The monoisotopic (exact) mass is 139 g/mol. The van der Waals surface area contributed by atoms with Gasteiger partial charge in [0.05, 0.1) is 12.9 Å². The number of hydrogen-bond donors (Lipinski definition) is 0. The van der Waals surface area contributed by atoms with Gasteiger partial charge in [-0.2, -0.15) is 0 Å². The summed E-state index contributed by atoms with van der Waals surface area (Å²) in [6.45, 7) is 4.37. The van der Waals surface area contributed by atoms with Gasteiger partial charge in [-0.25, -0.2) is 0 Å². The van der Waals surface area contributed by atoms with Crippen molar-refractivity contribution in [2.24, 2.45) is 5.92 Å². The first-order chi connectivity index (χ1) is 4.93. The standard InChI is InChI=1S/C9H15O/c1-2-10-8-9-6-4-3-5-7-9/h2,4,9H,1,3,5-8H2. The highest BCUT2D eigenvalue weighted by Gasteiger charge is 2.12. The first-order valence-corrected chi connectivity index (χ1v) is 3.97. The minimum atomic E-state index is 0.756. The Bertz CT molecular complexity index is 92.9. The molecule has 1 atom stereocenters. The van der Waals surface area contributed by atoms with Crippen LogP contribution in [0, 0.1) is 12.3 Å². The van der Waals surface area contributed by atoms with Crippen molar-refractivity contribution in [1.82, 2.24) is 0 Å². The number of hydrogen-bond acceptors (Lipinski definition) is 1. The summed E-state index contributed by atoms with van der Waals surface area (Å²) in [4.78, 5) is 0. The van der Waals surface area contributed by atoms with Crippen LogP contribution in [0.25, 0.3) is 0 Å². The summed E-state index contributed by atoms with van der Waals surface area (Å²) in [6, 6.07) is 0. The van der Waals surface area contributed by atoms with Gasteiger partial charge in [-0.05, 0) is 25.2 Å². The Morgan fingerprint density at radius 1 is 1.70 bits per heavy atom. The van der Waals surface area contributed by atoms with Crippen LogP contribution in [0.1, 0.15) is 25.7 Å². The zero-order valence-corrected chi connectivity index (χ0v) is 6.38. The molecule has 1 unspecified atom stereocenters. The Morgan fingerprint density at radius 3 is 3.20 bits per heavy atom. The highest BCUT2D eigenvalue weighted by molar-refractivity contribution is 4.77. The van der Waals surface area contributed by atoms with Crippen LogP contribution in [0.3, 0.4) is 0 Å². The normalized spacial score (nSPS) is 20.4. The van der Waals surface area contributed by atoms with Gasteiger partial charge in [0.1, 0.15) is 0 Å². The first-order valence-electron chi connectivity index (χ1n) is 3.97. The lowest BCUT2D eigenvalue weighted by Crippen LogP contribution is -2.11. The van der Waals surface area contributed by atoms with Crippen molar-refractivity contribution in [2.75, 3.05) is 6.61 Å². The maximum absolute atomic E-state index is 5.12. The molecular formula is C9H15O. The third kappa shape index (κ3) is 2.42. The van der Waals surface area contributed by atoms with E-state index in [9.17, 15) is 0 Å². The molecule has 10 heavy (non-hydrogen) atoms. The molecule has 57 valence electrons. The van der Waals surface area contributed by atoms with E-state index in [0.29, 0.717) is 0 Å². The molecule has 0 aromatic carbocycles. The van der Waals surface area contributed by atoms with E-state index >= 15 is 0 Å². The van der Waals surface area contributed by atoms with Gasteiger partial charge in [-0.3, -0.25) is 0 Å². The van der Waals surface area contributed by atoms with Crippen molar-refractivity contribution >= 4 is 0 Å². The summed E-state index contributed by atoms with van der Waals surface area (Å²) in [5.41, 5.74) is 0. The quantitative estimate of drug-likeness (QED) is 0.546. The van der Waals surface area contributed by atoms with E-state index in [0.717, 1.165) is 12.5 Å². The van der Waals surface area contributed by atoms with Crippen molar-refractivity contribution in [2.45, 2.75) is 25.7 Å². The lowest BCUT2D eigenvalue weighted by atomic mass is 9.90. The minimum absolute atomic E-state index is 0.756. The molecule has 0 aliphatic heterocycles. The molecule has 1 nitrogen and oxygen atoms in total. The molecule has 0 aromatic rings. The Morgan fingerprint density at radius 2 is 2.60 bits per heavy atom.